The van der Waals surface area contributed by atoms with Crippen LogP contribution < -0.4 is 5.32 Å². The molecule has 1 N–H and O–H groups in total. The van der Waals surface area contributed by atoms with Gasteiger partial charge in [-0.2, -0.15) is 0 Å². The van der Waals surface area contributed by atoms with Crippen LogP contribution in [0.3, 0.4) is 0 Å². The lowest BCUT2D eigenvalue weighted by Crippen LogP contribution is -2.34. The quantitative estimate of drug-likeness (QED) is 0.828. The molecular weight excluding hydrogens is 304 g/mol. The molecule has 0 bridgehead atoms. The number of nitrogens with one attached hydrogen (secondary N) is 1. The Morgan fingerprint density at radius 2 is 1.71 bits per heavy atom. The Morgan fingerprint density at radius 3 is 2.38 bits per heavy atom. The van der Waals surface area contributed by atoms with Crippen molar-refractivity contribution in [1.29, 1.82) is 0 Å². The Hall–Kier alpha value is -2.82. The van der Waals surface area contributed by atoms with E-state index in [2.05, 4.69) is 5.32 Å². The van der Waals surface area contributed by atoms with Crippen molar-refractivity contribution in [2.24, 2.45) is 5.92 Å². The molecule has 0 heterocycles. The number of carbonyl (C=O) groups is 2. The highest BCUT2D eigenvalue weighted by Crippen LogP contribution is 2.22. The Labute approximate surface area is 142 Å². The van der Waals surface area contributed by atoms with E-state index in [1.54, 1.807) is 20.0 Å². The van der Waals surface area contributed by atoms with E-state index in [1.165, 1.54) is 12.0 Å². The highest BCUT2D eigenvalue weighted by atomic mass is 16.5. The van der Waals surface area contributed by atoms with Crippen LogP contribution in [0.15, 0.2) is 54.6 Å². The van der Waals surface area contributed by atoms with Crippen LogP contribution in [0.1, 0.15) is 17.3 Å². The van der Waals surface area contributed by atoms with Crippen LogP contribution in [0.4, 0.5) is 11.4 Å². The number of rotatable bonds is 6. The summed E-state index contributed by atoms with van der Waals surface area (Å²) in [5, 5.41) is 3.26. The van der Waals surface area contributed by atoms with E-state index < -0.39 is 0 Å². The number of hydrogen-bond donors (Lipinski definition) is 1. The molecule has 0 radical (unpaired) electrons. The summed E-state index contributed by atoms with van der Waals surface area (Å²) < 4.78 is 4.71. The number of amides is 1. The molecule has 1 atom stereocenters. The zero-order chi connectivity index (χ0) is 17.5. The van der Waals surface area contributed by atoms with Crippen molar-refractivity contribution in [3.8, 4) is 0 Å². The van der Waals surface area contributed by atoms with Gasteiger partial charge in [-0.15, -0.1) is 0 Å². The van der Waals surface area contributed by atoms with Gasteiger partial charge in [-0.3, -0.25) is 9.59 Å². The second-order valence-electron chi connectivity index (χ2n) is 5.65. The van der Waals surface area contributed by atoms with Gasteiger partial charge in [0.15, 0.2) is 0 Å². The fraction of sp³-hybridized carbons (Fsp3) is 0.263. The van der Waals surface area contributed by atoms with Crippen LogP contribution in [0.2, 0.25) is 0 Å². The van der Waals surface area contributed by atoms with Gasteiger partial charge in [0.1, 0.15) is 0 Å². The molecule has 0 aliphatic heterocycles. The number of esters is 1. The van der Waals surface area contributed by atoms with Crippen molar-refractivity contribution in [2.75, 3.05) is 26.0 Å². The standard InChI is InChI=1S/C19H22N2O3/c1-14(19(23)24-3)13-21(2)18(22)16-11-7-8-12-17(16)20-15-9-5-4-6-10-15/h4-12,14,20H,13H2,1-3H3. The number of methoxy groups -OCH3 is 1. The number of para-hydroxylation sites is 2. The summed E-state index contributed by atoms with van der Waals surface area (Å²) in [6.45, 7) is 2.04. The first-order chi connectivity index (χ1) is 11.5. The van der Waals surface area contributed by atoms with Crippen molar-refractivity contribution in [1.82, 2.24) is 4.90 Å². The average Bonchev–Trinajstić information content (AvgIpc) is 2.61. The molecular formula is C19H22N2O3. The molecule has 0 aliphatic carbocycles. The van der Waals surface area contributed by atoms with E-state index in [4.69, 9.17) is 4.74 Å². The summed E-state index contributed by atoms with van der Waals surface area (Å²) in [6.07, 6.45) is 0. The fourth-order valence-corrected chi connectivity index (χ4v) is 2.43. The van der Waals surface area contributed by atoms with Crippen LogP contribution in [0.5, 0.6) is 0 Å². The van der Waals surface area contributed by atoms with Crippen molar-refractivity contribution in [3.63, 3.8) is 0 Å². The minimum atomic E-state index is -0.377. The van der Waals surface area contributed by atoms with Crippen molar-refractivity contribution in [2.45, 2.75) is 6.92 Å². The maximum absolute atomic E-state index is 12.7. The smallest absolute Gasteiger partial charge is 0.310 e. The lowest BCUT2D eigenvalue weighted by Gasteiger charge is -2.22. The van der Waals surface area contributed by atoms with Gasteiger partial charge in [0.25, 0.3) is 5.91 Å². The molecule has 24 heavy (non-hydrogen) atoms. The lowest BCUT2D eigenvalue weighted by atomic mass is 10.1. The van der Waals surface area contributed by atoms with Gasteiger partial charge < -0.3 is 15.0 Å². The molecule has 2 aromatic rings. The maximum Gasteiger partial charge on any atom is 0.310 e. The van der Waals surface area contributed by atoms with Crippen molar-refractivity contribution < 1.29 is 14.3 Å². The summed E-state index contributed by atoms with van der Waals surface area (Å²) in [6, 6.07) is 17.0. The third kappa shape index (κ3) is 4.35. The largest absolute Gasteiger partial charge is 0.469 e. The fourth-order valence-electron chi connectivity index (χ4n) is 2.43. The summed E-state index contributed by atoms with van der Waals surface area (Å²) in [5.41, 5.74) is 2.19. The highest BCUT2D eigenvalue weighted by Gasteiger charge is 2.21. The van der Waals surface area contributed by atoms with Crippen LogP contribution in [-0.2, 0) is 9.53 Å². The van der Waals surface area contributed by atoms with Crippen molar-refractivity contribution >= 4 is 23.3 Å². The van der Waals surface area contributed by atoms with Gasteiger partial charge in [0.05, 0.1) is 24.3 Å². The minimum absolute atomic E-state index is 0.148. The third-order valence-corrected chi connectivity index (χ3v) is 3.71. The van der Waals surface area contributed by atoms with E-state index in [1.807, 2.05) is 48.5 Å². The molecule has 5 nitrogen and oxygen atoms in total. The van der Waals surface area contributed by atoms with E-state index in [0.29, 0.717) is 12.1 Å². The molecule has 1 unspecified atom stereocenters. The van der Waals surface area contributed by atoms with Crippen molar-refractivity contribution in [3.05, 3.63) is 60.2 Å². The molecule has 2 rings (SSSR count). The van der Waals surface area contributed by atoms with E-state index >= 15 is 0 Å². The molecule has 126 valence electrons. The second-order valence-corrected chi connectivity index (χ2v) is 5.65. The molecule has 0 saturated heterocycles. The van der Waals surface area contributed by atoms with Crippen LogP contribution >= 0.6 is 0 Å². The monoisotopic (exact) mass is 326 g/mol. The van der Waals surface area contributed by atoms with E-state index in [-0.39, 0.29) is 17.8 Å². The molecule has 1 amide bonds. The number of nitrogens with zero attached hydrogens (tertiary/aromatic N) is 1. The lowest BCUT2D eigenvalue weighted by molar-refractivity contribution is -0.145. The van der Waals surface area contributed by atoms with Gasteiger partial charge >= 0.3 is 5.97 Å². The molecule has 0 saturated carbocycles. The van der Waals surface area contributed by atoms with Gasteiger partial charge in [-0.1, -0.05) is 37.3 Å². The summed E-state index contributed by atoms with van der Waals surface area (Å²) >= 11 is 0. The third-order valence-electron chi connectivity index (χ3n) is 3.71. The second kappa shape index (κ2) is 8.15. The van der Waals surface area contributed by atoms with Gasteiger partial charge in [0, 0.05) is 19.3 Å². The Balaban J connectivity index is 2.16. The summed E-state index contributed by atoms with van der Waals surface area (Å²) in [5.74, 6) is -0.853. The Morgan fingerprint density at radius 1 is 1.08 bits per heavy atom. The van der Waals surface area contributed by atoms with Gasteiger partial charge in [-0.05, 0) is 24.3 Å². The molecule has 0 spiro atoms. The van der Waals surface area contributed by atoms with E-state index in [0.717, 1.165) is 11.4 Å². The minimum Gasteiger partial charge on any atom is -0.469 e. The number of carbonyl (C=O) groups excluding carboxylic acids is 2. The van der Waals surface area contributed by atoms with Crippen LogP contribution in [-0.4, -0.2) is 37.5 Å². The maximum atomic E-state index is 12.7. The number of benzene rings is 2. The van der Waals surface area contributed by atoms with Crippen LogP contribution in [0.25, 0.3) is 0 Å². The highest BCUT2D eigenvalue weighted by molar-refractivity contribution is 6.00. The van der Waals surface area contributed by atoms with Gasteiger partial charge in [-0.25, -0.2) is 0 Å². The first kappa shape index (κ1) is 17.5. The first-order valence-corrected chi connectivity index (χ1v) is 7.77. The van der Waals surface area contributed by atoms with Gasteiger partial charge in [0.2, 0.25) is 0 Å². The number of anilines is 2. The number of hydrogen-bond acceptors (Lipinski definition) is 4. The topological polar surface area (TPSA) is 58.6 Å². The molecule has 2 aromatic carbocycles. The zero-order valence-electron chi connectivity index (χ0n) is 14.2. The first-order valence-electron chi connectivity index (χ1n) is 7.77. The van der Waals surface area contributed by atoms with Crippen LogP contribution in [0, 0.1) is 5.92 Å². The summed E-state index contributed by atoms with van der Waals surface area (Å²) in [4.78, 5) is 25.8. The molecule has 0 aromatic heterocycles. The SMILES string of the molecule is COC(=O)C(C)CN(C)C(=O)c1ccccc1Nc1ccccc1. The Kier molecular flexibility index (Phi) is 5.95. The predicted octanol–water partition coefficient (Wildman–Crippen LogP) is 3.31. The molecule has 5 heteroatoms. The number of ether oxygens (including phenoxy) is 1. The predicted molar refractivity (Wildman–Crippen MR) is 94.3 cm³/mol. The average molecular weight is 326 g/mol. The summed E-state index contributed by atoms with van der Waals surface area (Å²) in [7, 11) is 3.03. The molecule has 0 fully saturated rings. The zero-order valence-corrected chi connectivity index (χ0v) is 14.2. The Bertz CT molecular complexity index is 701. The normalized spacial score (nSPS) is 11.5. The van der Waals surface area contributed by atoms with E-state index in [9.17, 15) is 9.59 Å². The molecule has 0 aliphatic rings.